The maximum Gasteiger partial charge on any atom is 0.407 e. The summed E-state index contributed by atoms with van der Waals surface area (Å²) in [6, 6.07) is 10.6. The number of halogens is 2. The van der Waals surface area contributed by atoms with Gasteiger partial charge < -0.3 is 25.8 Å². The first-order valence-corrected chi connectivity index (χ1v) is 14.6. The van der Waals surface area contributed by atoms with E-state index < -0.39 is 39.2 Å². The molecule has 2 atom stereocenters. The number of methoxy groups -OCH3 is 1. The standard InChI is InChI=1S/C27H40F2N4O5S/c1-4-12-33(13-5-2)39(35,36)26(30)25(19-31-18-21-8-6-10-24(16-21)37-3)38-27(34)32-11-7-9-20-14-22(28)17-23(29)15-20/h6,8,10,14-17,25-26,31H,4-5,7,9,11-13,18-19,30H2,1-3H3,(H,32,34). The number of nitrogens with zero attached hydrogens (tertiary/aromatic N) is 1. The van der Waals surface area contributed by atoms with Crippen molar-refractivity contribution in [3.05, 3.63) is 65.2 Å². The summed E-state index contributed by atoms with van der Waals surface area (Å²) >= 11 is 0. The molecule has 12 heteroatoms. The molecule has 2 rings (SSSR count). The fourth-order valence-electron chi connectivity index (χ4n) is 4.01. The Bertz CT molecular complexity index is 1130. The summed E-state index contributed by atoms with van der Waals surface area (Å²) in [4.78, 5) is 12.6. The Morgan fingerprint density at radius 1 is 1.05 bits per heavy atom. The number of nitrogens with two attached hydrogens (primary N) is 1. The van der Waals surface area contributed by atoms with Crippen molar-refractivity contribution in [1.29, 1.82) is 0 Å². The van der Waals surface area contributed by atoms with Gasteiger partial charge in [0.05, 0.1) is 7.11 Å². The number of hydrogen-bond donors (Lipinski definition) is 3. The van der Waals surface area contributed by atoms with Gasteiger partial charge in [-0.25, -0.2) is 26.3 Å². The molecule has 0 spiro atoms. The first-order valence-electron chi connectivity index (χ1n) is 13.1. The van der Waals surface area contributed by atoms with E-state index in [1.165, 1.54) is 16.4 Å². The second-order valence-corrected chi connectivity index (χ2v) is 11.2. The van der Waals surface area contributed by atoms with E-state index in [0.717, 1.165) is 11.6 Å². The predicted molar refractivity (Wildman–Crippen MR) is 147 cm³/mol. The Labute approximate surface area is 230 Å². The molecule has 2 aromatic rings. The third kappa shape index (κ3) is 10.7. The van der Waals surface area contributed by atoms with E-state index in [4.69, 9.17) is 15.2 Å². The van der Waals surface area contributed by atoms with E-state index in [-0.39, 0.29) is 13.1 Å². The van der Waals surface area contributed by atoms with Gasteiger partial charge in [-0.3, -0.25) is 0 Å². The Balaban J connectivity index is 2.04. The van der Waals surface area contributed by atoms with Crippen LogP contribution in [0.15, 0.2) is 42.5 Å². The summed E-state index contributed by atoms with van der Waals surface area (Å²) in [5.41, 5.74) is 7.57. The van der Waals surface area contributed by atoms with Crippen LogP contribution >= 0.6 is 0 Å². The first kappa shape index (κ1) is 32.4. The minimum Gasteiger partial charge on any atom is -0.497 e. The van der Waals surface area contributed by atoms with Gasteiger partial charge in [0.1, 0.15) is 23.5 Å². The molecule has 9 nitrogen and oxygen atoms in total. The molecule has 2 aromatic carbocycles. The quantitative estimate of drug-likeness (QED) is 0.249. The Morgan fingerprint density at radius 2 is 1.72 bits per heavy atom. The van der Waals surface area contributed by atoms with Crippen LogP contribution in [0.25, 0.3) is 0 Å². The zero-order chi connectivity index (χ0) is 28.8. The first-order chi connectivity index (χ1) is 18.6. The maximum atomic E-state index is 13.4. The van der Waals surface area contributed by atoms with E-state index in [1.54, 1.807) is 7.11 Å². The Morgan fingerprint density at radius 3 is 2.33 bits per heavy atom. The summed E-state index contributed by atoms with van der Waals surface area (Å²) < 4.78 is 65.4. The summed E-state index contributed by atoms with van der Waals surface area (Å²) in [6.07, 6.45) is -0.0761. The molecule has 0 aliphatic carbocycles. The van der Waals surface area contributed by atoms with Crippen LogP contribution in [0.5, 0.6) is 5.75 Å². The lowest BCUT2D eigenvalue weighted by Crippen LogP contribution is -2.54. The highest BCUT2D eigenvalue weighted by atomic mass is 32.2. The minimum atomic E-state index is -3.97. The maximum absolute atomic E-state index is 13.4. The van der Waals surface area contributed by atoms with E-state index >= 15 is 0 Å². The topological polar surface area (TPSA) is 123 Å². The van der Waals surface area contributed by atoms with Gasteiger partial charge in [0.25, 0.3) is 0 Å². The molecule has 0 fully saturated rings. The average Bonchev–Trinajstić information content (AvgIpc) is 2.89. The van der Waals surface area contributed by atoms with Crippen molar-refractivity contribution in [1.82, 2.24) is 14.9 Å². The third-order valence-electron chi connectivity index (χ3n) is 5.92. The summed E-state index contributed by atoms with van der Waals surface area (Å²) in [5, 5.41) is 4.19. The Hall–Kier alpha value is -2.80. The second-order valence-electron chi connectivity index (χ2n) is 9.14. The van der Waals surface area contributed by atoms with Crippen LogP contribution in [0.2, 0.25) is 0 Å². The SMILES string of the molecule is CCCN(CCC)S(=O)(=O)C(N)C(CNCc1cccc(OC)c1)OC(=O)NCCCc1cc(F)cc(F)c1. The van der Waals surface area contributed by atoms with E-state index in [2.05, 4.69) is 10.6 Å². The monoisotopic (exact) mass is 570 g/mol. The van der Waals surface area contributed by atoms with E-state index in [1.807, 2.05) is 38.1 Å². The highest BCUT2D eigenvalue weighted by molar-refractivity contribution is 7.89. The van der Waals surface area contributed by atoms with Crippen LogP contribution in [0.4, 0.5) is 13.6 Å². The highest BCUT2D eigenvalue weighted by Gasteiger charge is 2.36. The van der Waals surface area contributed by atoms with Gasteiger partial charge in [0.15, 0.2) is 5.37 Å². The van der Waals surface area contributed by atoms with Gasteiger partial charge >= 0.3 is 6.09 Å². The zero-order valence-corrected chi connectivity index (χ0v) is 23.6. The minimum absolute atomic E-state index is 0.0142. The lowest BCUT2D eigenvalue weighted by molar-refractivity contribution is 0.0931. The number of hydrogen-bond acceptors (Lipinski definition) is 7. The van der Waals surface area contributed by atoms with Gasteiger partial charge in [-0.2, -0.15) is 0 Å². The highest BCUT2D eigenvalue weighted by Crippen LogP contribution is 2.15. The average molecular weight is 571 g/mol. The molecule has 0 heterocycles. The van der Waals surface area contributed by atoms with Crippen LogP contribution in [-0.2, 0) is 27.7 Å². The van der Waals surface area contributed by atoms with Crippen LogP contribution in [0.1, 0.15) is 44.2 Å². The molecule has 0 radical (unpaired) electrons. The van der Waals surface area contributed by atoms with Gasteiger partial charge in [0, 0.05) is 38.8 Å². The molecule has 0 bridgehead atoms. The zero-order valence-electron chi connectivity index (χ0n) is 22.8. The van der Waals surface area contributed by atoms with Gasteiger partial charge in [-0.15, -0.1) is 0 Å². The van der Waals surface area contributed by atoms with Crippen LogP contribution < -0.4 is 21.1 Å². The fraction of sp³-hybridized carbons (Fsp3) is 0.519. The van der Waals surface area contributed by atoms with Gasteiger partial charge in [0.2, 0.25) is 10.0 Å². The molecule has 218 valence electrons. The van der Waals surface area contributed by atoms with E-state index in [0.29, 0.717) is 56.6 Å². The number of carbonyl (C=O) groups excluding carboxylic acids is 1. The number of ether oxygens (including phenoxy) is 2. The molecule has 1 amide bonds. The lowest BCUT2D eigenvalue weighted by atomic mass is 10.1. The van der Waals surface area contributed by atoms with Crippen molar-refractivity contribution >= 4 is 16.1 Å². The lowest BCUT2D eigenvalue weighted by Gasteiger charge is -2.30. The largest absolute Gasteiger partial charge is 0.497 e. The molecule has 0 aliphatic heterocycles. The number of alkyl carbamates (subject to hydrolysis) is 1. The molecule has 0 aromatic heterocycles. The van der Waals surface area contributed by atoms with Crippen LogP contribution in [-0.4, -0.2) is 63.6 Å². The molecule has 0 saturated heterocycles. The number of amides is 1. The van der Waals surface area contributed by atoms with Gasteiger partial charge in [-0.05, 0) is 61.1 Å². The van der Waals surface area contributed by atoms with Crippen molar-refractivity contribution in [2.75, 3.05) is 33.3 Å². The number of nitrogens with one attached hydrogen (secondary N) is 2. The molecular formula is C27H40F2N4O5S. The smallest absolute Gasteiger partial charge is 0.407 e. The van der Waals surface area contributed by atoms with Gasteiger partial charge in [-0.1, -0.05) is 26.0 Å². The summed E-state index contributed by atoms with van der Waals surface area (Å²) in [5.74, 6) is -0.661. The molecule has 2 unspecified atom stereocenters. The number of rotatable bonds is 17. The number of aryl methyl sites for hydroxylation is 1. The molecular weight excluding hydrogens is 530 g/mol. The molecule has 4 N–H and O–H groups in total. The van der Waals surface area contributed by atoms with Crippen molar-refractivity contribution in [2.45, 2.75) is 57.6 Å². The molecule has 0 aliphatic rings. The number of sulfonamides is 1. The van der Waals surface area contributed by atoms with Crippen molar-refractivity contribution in [3.8, 4) is 5.75 Å². The van der Waals surface area contributed by atoms with Crippen molar-refractivity contribution in [3.63, 3.8) is 0 Å². The second kappa shape index (κ2) is 16.3. The van der Waals surface area contributed by atoms with E-state index in [9.17, 15) is 22.0 Å². The third-order valence-corrected chi connectivity index (χ3v) is 7.99. The van der Waals surface area contributed by atoms with Crippen molar-refractivity contribution < 1.29 is 31.5 Å². The predicted octanol–water partition coefficient (Wildman–Crippen LogP) is 3.53. The fourth-order valence-corrected chi connectivity index (χ4v) is 5.77. The van der Waals surface area contributed by atoms with Crippen molar-refractivity contribution in [2.24, 2.45) is 5.73 Å². The summed E-state index contributed by atoms with van der Waals surface area (Å²) in [6.45, 7) is 4.86. The molecule has 39 heavy (non-hydrogen) atoms. The number of carbonyl (C=O) groups is 1. The molecule has 0 saturated carbocycles. The van der Waals surface area contributed by atoms with Crippen LogP contribution in [0, 0.1) is 11.6 Å². The van der Waals surface area contributed by atoms with Crippen LogP contribution in [0.3, 0.4) is 0 Å². The summed E-state index contributed by atoms with van der Waals surface area (Å²) in [7, 11) is -2.41. The Kier molecular flexibility index (Phi) is 13.6. The normalized spacial score (nSPS) is 13.2. The number of benzene rings is 2.